The summed E-state index contributed by atoms with van der Waals surface area (Å²) in [5.74, 6) is 0. The van der Waals surface area contributed by atoms with Crippen molar-refractivity contribution in [2.45, 2.75) is 44.2 Å². The Labute approximate surface area is 104 Å². The van der Waals surface area contributed by atoms with Gasteiger partial charge in [-0.1, -0.05) is 0 Å². The van der Waals surface area contributed by atoms with Crippen LogP contribution in [0.4, 0.5) is 0 Å². The second-order valence-electron chi connectivity index (χ2n) is 4.69. The van der Waals surface area contributed by atoms with E-state index in [-0.39, 0.29) is 0 Å². The number of nitrogens with one attached hydrogen (secondary N) is 1. The molecule has 0 amide bonds. The predicted molar refractivity (Wildman–Crippen MR) is 68.9 cm³/mol. The minimum absolute atomic E-state index is 0.444. The third-order valence-corrected chi connectivity index (χ3v) is 3.50. The fraction of sp³-hybridized carbons (Fsp3) is 0.643. The van der Waals surface area contributed by atoms with E-state index in [4.69, 9.17) is 4.74 Å². The first-order valence-corrected chi connectivity index (χ1v) is 6.59. The Bertz CT molecular complexity index is 309. The first-order chi connectivity index (χ1) is 8.40. The van der Waals surface area contributed by atoms with Crippen molar-refractivity contribution in [2.24, 2.45) is 0 Å². The molecule has 1 aliphatic heterocycles. The fourth-order valence-corrected chi connectivity index (χ4v) is 2.50. The molecule has 1 aliphatic rings. The number of hydrogen-bond donors (Lipinski definition) is 1. The standard InChI is InChI=1S/C14H22N2O/c1-15-14(12-7-9-16-10-8-12)6-2-4-13-5-3-11-17-13/h7-10,13-15H,2-6,11H2,1H3. The first kappa shape index (κ1) is 12.5. The number of pyridine rings is 1. The van der Waals surface area contributed by atoms with E-state index in [1.54, 1.807) is 0 Å². The summed E-state index contributed by atoms with van der Waals surface area (Å²) in [6.07, 6.45) is 10.3. The summed E-state index contributed by atoms with van der Waals surface area (Å²) in [7, 11) is 2.02. The highest BCUT2D eigenvalue weighted by molar-refractivity contribution is 5.14. The van der Waals surface area contributed by atoms with Crippen LogP contribution in [-0.4, -0.2) is 24.7 Å². The molecule has 0 spiro atoms. The molecule has 17 heavy (non-hydrogen) atoms. The van der Waals surface area contributed by atoms with Crippen molar-refractivity contribution in [1.29, 1.82) is 0 Å². The van der Waals surface area contributed by atoms with Crippen LogP contribution in [0.25, 0.3) is 0 Å². The Morgan fingerprint density at radius 1 is 1.47 bits per heavy atom. The summed E-state index contributed by atoms with van der Waals surface area (Å²) in [6, 6.07) is 4.62. The van der Waals surface area contributed by atoms with Crippen molar-refractivity contribution < 1.29 is 4.74 Å². The lowest BCUT2D eigenvalue weighted by Crippen LogP contribution is -2.17. The summed E-state index contributed by atoms with van der Waals surface area (Å²) in [5.41, 5.74) is 1.33. The van der Waals surface area contributed by atoms with Crippen molar-refractivity contribution in [2.75, 3.05) is 13.7 Å². The number of aromatic nitrogens is 1. The van der Waals surface area contributed by atoms with Gasteiger partial charge in [0.1, 0.15) is 0 Å². The van der Waals surface area contributed by atoms with Crippen molar-refractivity contribution >= 4 is 0 Å². The van der Waals surface area contributed by atoms with Gasteiger partial charge in [0.05, 0.1) is 6.10 Å². The summed E-state index contributed by atoms with van der Waals surface area (Å²) < 4.78 is 5.64. The van der Waals surface area contributed by atoms with Gasteiger partial charge < -0.3 is 10.1 Å². The quantitative estimate of drug-likeness (QED) is 0.821. The number of ether oxygens (including phenoxy) is 1. The molecule has 1 saturated heterocycles. The Morgan fingerprint density at radius 3 is 2.94 bits per heavy atom. The van der Waals surface area contributed by atoms with E-state index in [1.807, 2.05) is 19.4 Å². The topological polar surface area (TPSA) is 34.1 Å². The second kappa shape index (κ2) is 6.72. The highest BCUT2D eigenvalue weighted by atomic mass is 16.5. The van der Waals surface area contributed by atoms with Crippen LogP contribution in [-0.2, 0) is 4.74 Å². The van der Waals surface area contributed by atoms with E-state index in [0.29, 0.717) is 12.1 Å². The van der Waals surface area contributed by atoms with Crippen molar-refractivity contribution in [3.63, 3.8) is 0 Å². The highest BCUT2D eigenvalue weighted by Crippen LogP contribution is 2.22. The molecule has 0 aromatic carbocycles. The third kappa shape index (κ3) is 3.79. The molecule has 1 fully saturated rings. The van der Waals surface area contributed by atoms with Crippen LogP contribution in [0.3, 0.4) is 0 Å². The van der Waals surface area contributed by atoms with Gasteiger partial charge in [0.25, 0.3) is 0 Å². The maximum Gasteiger partial charge on any atom is 0.0576 e. The Kier molecular flexibility index (Phi) is 4.95. The van der Waals surface area contributed by atoms with Crippen LogP contribution in [0.1, 0.15) is 43.7 Å². The summed E-state index contributed by atoms with van der Waals surface area (Å²) in [6.45, 7) is 0.963. The Morgan fingerprint density at radius 2 is 2.29 bits per heavy atom. The molecule has 94 valence electrons. The molecule has 3 heteroatoms. The van der Waals surface area contributed by atoms with Crippen LogP contribution < -0.4 is 5.32 Å². The fourth-order valence-electron chi connectivity index (χ4n) is 2.50. The first-order valence-electron chi connectivity index (χ1n) is 6.59. The molecule has 2 heterocycles. The van der Waals surface area contributed by atoms with Gasteiger partial charge in [-0.05, 0) is 56.8 Å². The van der Waals surface area contributed by atoms with E-state index in [9.17, 15) is 0 Å². The van der Waals surface area contributed by atoms with E-state index in [1.165, 1.54) is 37.7 Å². The molecular formula is C14H22N2O. The van der Waals surface area contributed by atoms with Gasteiger partial charge in [-0.2, -0.15) is 0 Å². The van der Waals surface area contributed by atoms with Gasteiger partial charge in [-0.25, -0.2) is 0 Å². The van der Waals surface area contributed by atoms with Crippen molar-refractivity contribution in [3.05, 3.63) is 30.1 Å². The molecule has 1 aromatic heterocycles. The zero-order chi connectivity index (χ0) is 11.9. The average Bonchev–Trinajstić information content (AvgIpc) is 2.89. The Balaban J connectivity index is 1.75. The summed E-state index contributed by atoms with van der Waals surface area (Å²) in [4.78, 5) is 4.06. The molecule has 2 rings (SSSR count). The molecule has 2 unspecified atom stereocenters. The maximum absolute atomic E-state index is 5.64. The van der Waals surface area contributed by atoms with Crippen molar-refractivity contribution in [3.8, 4) is 0 Å². The number of rotatable bonds is 6. The summed E-state index contributed by atoms with van der Waals surface area (Å²) >= 11 is 0. The Hall–Kier alpha value is -0.930. The molecule has 0 saturated carbocycles. The molecule has 0 radical (unpaired) electrons. The maximum atomic E-state index is 5.64. The van der Waals surface area contributed by atoms with Crippen LogP contribution in [0.2, 0.25) is 0 Å². The molecule has 0 bridgehead atoms. The predicted octanol–water partition coefficient (Wildman–Crippen LogP) is 2.69. The van der Waals surface area contributed by atoms with Crippen LogP contribution in [0, 0.1) is 0 Å². The van der Waals surface area contributed by atoms with Crippen LogP contribution >= 0.6 is 0 Å². The second-order valence-corrected chi connectivity index (χ2v) is 4.69. The highest BCUT2D eigenvalue weighted by Gasteiger charge is 2.16. The van der Waals surface area contributed by atoms with Crippen molar-refractivity contribution in [1.82, 2.24) is 10.3 Å². The summed E-state index contributed by atoms with van der Waals surface area (Å²) in [5, 5.41) is 3.38. The van der Waals surface area contributed by atoms with Gasteiger partial charge in [0.2, 0.25) is 0 Å². The van der Waals surface area contributed by atoms with Crippen LogP contribution in [0.15, 0.2) is 24.5 Å². The number of nitrogens with zero attached hydrogens (tertiary/aromatic N) is 1. The molecule has 1 aromatic rings. The van der Waals surface area contributed by atoms with E-state index < -0.39 is 0 Å². The van der Waals surface area contributed by atoms with E-state index in [0.717, 1.165) is 6.61 Å². The van der Waals surface area contributed by atoms with Crippen LogP contribution in [0.5, 0.6) is 0 Å². The number of hydrogen-bond acceptors (Lipinski definition) is 3. The third-order valence-electron chi connectivity index (χ3n) is 3.50. The van der Waals surface area contributed by atoms with E-state index in [2.05, 4.69) is 22.4 Å². The lowest BCUT2D eigenvalue weighted by Gasteiger charge is -2.17. The molecular weight excluding hydrogens is 212 g/mol. The van der Waals surface area contributed by atoms with Gasteiger partial charge in [0.15, 0.2) is 0 Å². The van der Waals surface area contributed by atoms with Gasteiger partial charge in [0, 0.05) is 25.0 Å². The lowest BCUT2D eigenvalue weighted by molar-refractivity contribution is 0.101. The van der Waals surface area contributed by atoms with E-state index >= 15 is 0 Å². The minimum Gasteiger partial charge on any atom is -0.378 e. The smallest absolute Gasteiger partial charge is 0.0576 e. The lowest BCUT2D eigenvalue weighted by atomic mass is 10.0. The van der Waals surface area contributed by atoms with Gasteiger partial charge in [-0.15, -0.1) is 0 Å². The zero-order valence-corrected chi connectivity index (χ0v) is 10.6. The van der Waals surface area contributed by atoms with Gasteiger partial charge in [-0.3, -0.25) is 4.98 Å². The SMILES string of the molecule is CNC(CCCC1CCCO1)c1ccncc1. The molecule has 1 N–H and O–H groups in total. The largest absolute Gasteiger partial charge is 0.378 e. The van der Waals surface area contributed by atoms with Gasteiger partial charge >= 0.3 is 0 Å². The normalized spacial score (nSPS) is 21.6. The molecule has 0 aliphatic carbocycles. The molecule has 3 nitrogen and oxygen atoms in total. The molecule has 2 atom stereocenters. The average molecular weight is 234 g/mol. The monoisotopic (exact) mass is 234 g/mol. The minimum atomic E-state index is 0.444. The zero-order valence-electron chi connectivity index (χ0n) is 10.6.